The number of nitrogens with zero attached hydrogens (tertiary/aromatic N) is 5. The highest BCUT2D eigenvalue weighted by atomic mass is 19.1. The van der Waals surface area contributed by atoms with Crippen molar-refractivity contribution in [3.05, 3.63) is 47.3 Å². The number of rotatable bonds is 5. The lowest BCUT2D eigenvalue weighted by Gasteiger charge is -2.33. The predicted molar refractivity (Wildman–Crippen MR) is 121 cm³/mol. The van der Waals surface area contributed by atoms with E-state index in [0.29, 0.717) is 23.1 Å². The molecule has 9 nitrogen and oxygen atoms in total. The van der Waals surface area contributed by atoms with Crippen molar-refractivity contribution in [3.63, 3.8) is 0 Å². The van der Waals surface area contributed by atoms with Crippen LogP contribution in [0.1, 0.15) is 11.4 Å². The molecule has 0 amide bonds. The van der Waals surface area contributed by atoms with E-state index in [1.165, 1.54) is 6.07 Å². The van der Waals surface area contributed by atoms with Crippen molar-refractivity contribution in [2.24, 2.45) is 0 Å². The van der Waals surface area contributed by atoms with Crippen LogP contribution in [0.4, 0.5) is 26.2 Å². The number of hydrogen-bond donors (Lipinski definition) is 3. The largest absolute Gasteiger partial charge is 0.421 e. The summed E-state index contributed by atoms with van der Waals surface area (Å²) in [6.45, 7) is 6.92. The van der Waals surface area contributed by atoms with Gasteiger partial charge in [0.15, 0.2) is 23.2 Å². The average molecular weight is 454 g/mol. The monoisotopic (exact) mass is 454 g/mol. The quantitative estimate of drug-likeness (QED) is 0.421. The number of ether oxygens (including phenoxy) is 1. The Balaban J connectivity index is 1.51. The summed E-state index contributed by atoms with van der Waals surface area (Å²) in [5.41, 5.74) is 1.63. The van der Waals surface area contributed by atoms with E-state index in [-0.39, 0.29) is 22.7 Å². The van der Waals surface area contributed by atoms with E-state index in [1.807, 2.05) is 13.0 Å². The van der Waals surface area contributed by atoms with Gasteiger partial charge in [-0.3, -0.25) is 5.10 Å². The molecule has 0 unspecified atom stereocenters. The molecule has 172 valence electrons. The molecule has 4 aromatic rings. The van der Waals surface area contributed by atoms with Crippen molar-refractivity contribution in [2.45, 2.75) is 13.8 Å². The van der Waals surface area contributed by atoms with Gasteiger partial charge in [-0.1, -0.05) is 0 Å². The van der Waals surface area contributed by atoms with Crippen molar-refractivity contribution >= 4 is 28.4 Å². The van der Waals surface area contributed by atoms with Gasteiger partial charge in [0.1, 0.15) is 11.6 Å². The number of hydrogen-bond acceptors (Lipinski definition) is 7. The normalized spacial score (nSPS) is 14.8. The van der Waals surface area contributed by atoms with Crippen LogP contribution in [0.25, 0.3) is 10.9 Å². The summed E-state index contributed by atoms with van der Waals surface area (Å²) in [7, 11) is 2.06. The van der Waals surface area contributed by atoms with Crippen molar-refractivity contribution in [2.75, 3.05) is 43.4 Å². The molecule has 5 rings (SSSR count). The van der Waals surface area contributed by atoms with Gasteiger partial charge in [0.25, 0.3) is 0 Å². The van der Waals surface area contributed by atoms with E-state index in [4.69, 9.17) is 4.74 Å². The van der Waals surface area contributed by atoms with Gasteiger partial charge in [0.2, 0.25) is 0 Å². The molecule has 1 fully saturated rings. The van der Waals surface area contributed by atoms with Gasteiger partial charge in [0.05, 0.1) is 5.52 Å². The van der Waals surface area contributed by atoms with Gasteiger partial charge in [-0.15, -0.1) is 0 Å². The minimum atomic E-state index is -0.679. The third kappa shape index (κ3) is 4.31. The first-order valence-corrected chi connectivity index (χ1v) is 10.6. The van der Waals surface area contributed by atoms with Crippen molar-refractivity contribution in [1.82, 2.24) is 30.0 Å². The highest BCUT2D eigenvalue weighted by Crippen LogP contribution is 2.33. The van der Waals surface area contributed by atoms with E-state index < -0.39 is 11.6 Å². The predicted octanol–water partition coefficient (Wildman–Crippen LogP) is 3.86. The Hall–Kier alpha value is -3.73. The second-order valence-corrected chi connectivity index (χ2v) is 8.26. The van der Waals surface area contributed by atoms with Gasteiger partial charge >= 0.3 is 6.01 Å². The Morgan fingerprint density at radius 3 is 2.48 bits per heavy atom. The first kappa shape index (κ1) is 21.1. The van der Waals surface area contributed by atoms with E-state index in [1.54, 1.807) is 13.0 Å². The number of aryl methyl sites for hydroxylation is 2. The zero-order chi connectivity index (χ0) is 23.1. The minimum absolute atomic E-state index is 0.0916. The number of H-pyrrole nitrogens is 2. The number of benzene rings is 1. The smallest absolute Gasteiger partial charge is 0.326 e. The zero-order valence-corrected chi connectivity index (χ0v) is 18.5. The number of aromatic amines is 2. The molecular formula is C22H24F2N8O. The molecule has 1 aliphatic heterocycles. The Kier molecular flexibility index (Phi) is 5.33. The topological polar surface area (TPSA) is 98.0 Å². The molecular weight excluding hydrogens is 430 g/mol. The summed E-state index contributed by atoms with van der Waals surface area (Å²) in [5.74, 6) is 0.0537. The lowest BCUT2D eigenvalue weighted by molar-refractivity contribution is 0.311. The van der Waals surface area contributed by atoms with Crippen molar-refractivity contribution in [1.29, 1.82) is 0 Å². The number of fused-ring (bicyclic) bond motifs is 1. The maximum Gasteiger partial charge on any atom is 0.326 e. The molecule has 1 saturated heterocycles. The first-order chi connectivity index (χ1) is 15.9. The molecule has 0 atom stereocenters. The number of likely N-dealkylation sites (N-methyl/N-ethyl adjacent to an activating group) is 1. The van der Waals surface area contributed by atoms with Gasteiger partial charge < -0.3 is 24.8 Å². The fourth-order valence-electron chi connectivity index (χ4n) is 3.84. The van der Waals surface area contributed by atoms with Gasteiger partial charge in [-0.2, -0.15) is 15.1 Å². The first-order valence-electron chi connectivity index (χ1n) is 10.6. The highest BCUT2D eigenvalue weighted by molar-refractivity contribution is 5.83. The summed E-state index contributed by atoms with van der Waals surface area (Å²) >= 11 is 0. The molecule has 33 heavy (non-hydrogen) atoms. The molecule has 1 aliphatic rings. The third-order valence-corrected chi connectivity index (χ3v) is 5.58. The Labute approximate surface area is 188 Å². The summed E-state index contributed by atoms with van der Waals surface area (Å²) in [6, 6.07) is 6.07. The number of aromatic nitrogens is 5. The lowest BCUT2D eigenvalue weighted by atomic mass is 10.2. The van der Waals surface area contributed by atoms with Crippen LogP contribution in [0.2, 0.25) is 0 Å². The fraction of sp³-hybridized carbons (Fsp3) is 0.318. The molecule has 1 aromatic carbocycles. The second kappa shape index (κ2) is 8.32. The zero-order valence-electron chi connectivity index (χ0n) is 18.5. The van der Waals surface area contributed by atoms with E-state index in [9.17, 15) is 4.39 Å². The van der Waals surface area contributed by atoms with Gasteiger partial charge in [-0.25, -0.2) is 8.78 Å². The van der Waals surface area contributed by atoms with Crippen molar-refractivity contribution < 1.29 is 13.5 Å². The molecule has 11 heteroatoms. The molecule has 3 aromatic heterocycles. The van der Waals surface area contributed by atoms with E-state index in [0.717, 1.165) is 37.9 Å². The van der Waals surface area contributed by atoms with E-state index >= 15 is 4.39 Å². The Bertz CT molecular complexity index is 1310. The fourth-order valence-corrected chi connectivity index (χ4v) is 3.84. The Morgan fingerprint density at radius 2 is 1.76 bits per heavy atom. The number of nitrogens with one attached hydrogen (secondary N) is 3. The van der Waals surface area contributed by atoms with Crippen LogP contribution in [0.3, 0.4) is 0 Å². The minimum Gasteiger partial charge on any atom is -0.421 e. The van der Waals surface area contributed by atoms with E-state index in [2.05, 4.69) is 47.3 Å². The molecule has 4 heterocycles. The number of halogens is 2. The summed E-state index contributed by atoms with van der Waals surface area (Å²) < 4.78 is 35.3. The maximum absolute atomic E-state index is 15.1. The average Bonchev–Trinajstić information content (AvgIpc) is 3.37. The van der Waals surface area contributed by atoms with Crippen LogP contribution < -0.4 is 15.0 Å². The van der Waals surface area contributed by atoms with Crippen molar-refractivity contribution in [3.8, 4) is 11.8 Å². The SMILES string of the molecule is Cc1cc(Nc2cc(N3CCN(C)CC3)nc(Oc3cc(F)c4[nH]c(C)cc4c3F)n2)n[nH]1. The molecule has 0 saturated carbocycles. The summed E-state index contributed by atoms with van der Waals surface area (Å²) in [4.78, 5) is 16.0. The highest BCUT2D eigenvalue weighted by Gasteiger charge is 2.21. The van der Waals surface area contributed by atoms with Crippen LogP contribution in [-0.4, -0.2) is 63.3 Å². The molecule has 0 bridgehead atoms. The summed E-state index contributed by atoms with van der Waals surface area (Å²) in [6.07, 6.45) is 0. The molecule has 0 spiro atoms. The Morgan fingerprint density at radius 1 is 0.970 bits per heavy atom. The van der Waals surface area contributed by atoms with Crippen LogP contribution in [0, 0.1) is 25.5 Å². The maximum atomic E-state index is 15.1. The number of anilines is 3. The number of piperazine rings is 1. The van der Waals surface area contributed by atoms with Crippen LogP contribution in [0.5, 0.6) is 11.8 Å². The second-order valence-electron chi connectivity index (χ2n) is 8.26. The molecule has 0 aliphatic carbocycles. The molecule has 0 radical (unpaired) electrons. The van der Waals surface area contributed by atoms with Gasteiger partial charge in [-0.05, 0) is 27.0 Å². The summed E-state index contributed by atoms with van der Waals surface area (Å²) in [5, 5.41) is 10.3. The van der Waals surface area contributed by atoms with Gasteiger partial charge in [0, 0.05) is 61.2 Å². The standard InChI is InChI=1S/C22H24F2N8O/c1-12-8-14-20(24)16(10-15(23)21(14)25-12)33-22-27-17(26-18-9-13(2)29-30-18)11-19(28-22)32-6-4-31(3)5-7-32/h8-11,25H,4-7H2,1-3H3,(H2,26,27,28,29,30). The van der Waals surface area contributed by atoms with Crippen LogP contribution >= 0.6 is 0 Å². The lowest BCUT2D eigenvalue weighted by Crippen LogP contribution is -2.44. The van der Waals surface area contributed by atoms with Crippen LogP contribution in [0.15, 0.2) is 24.3 Å². The molecule has 3 N–H and O–H groups in total. The van der Waals surface area contributed by atoms with Crippen LogP contribution in [-0.2, 0) is 0 Å². The third-order valence-electron chi connectivity index (χ3n) is 5.58.